The zero-order chi connectivity index (χ0) is 24.4. The van der Waals surface area contributed by atoms with Crippen LogP contribution in [-0.4, -0.2) is 38.5 Å². The third-order valence-corrected chi connectivity index (χ3v) is 7.02. The zero-order valence-corrected chi connectivity index (χ0v) is 20.0. The molecule has 2 aromatic carbocycles. The van der Waals surface area contributed by atoms with E-state index in [1.165, 1.54) is 23.5 Å². The van der Waals surface area contributed by atoms with Crippen molar-refractivity contribution in [2.45, 2.75) is 19.3 Å². The standard InChI is InChI=1S/C25H24N6O3S/c1-29-15-12-26-23(29)22-21(17-8-4-2-5-9-17)27-25(35-22)28-24(32)19-16-18(31(33)34)10-11-20(19)30-13-6-3-7-14-30/h2,4-5,8-12,15-16H,3,6-7,13-14H2,1H3,(H,27,28,32). The highest BCUT2D eigenvalue weighted by Gasteiger charge is 2.24. The molecule has 1 N–H and O–H groups in total. The van der Waals surface area contributed by atoms with Crippen molar-refractivity contribution in [3.8, 4) is 22.0 Å². The lowest BCUT2D eigenvalue weighted by Crippen LogP contribution is -2.31. The van der Waals surface area contributed by atoms with E-state index in [0.29, 0.717) is 10.8 Å². The Kier molecular flexibility index (Phi) is 6.28. The molecule has 1 aliphatic rings. The number of benzene rings is 2. The minimum absolute atomic E-state index is 0.117. The number of imidazole rings is 1. The molecule has 4 aromatic rings. The molecule has 0 saturated carbocycles. The molecule has 3 heterocycles. The van der Waals surface area contributed by atoms with Gasteiger partial charge in [-0.1, -0.05) is 41.7 Å². The van der Waals surface area contributed by atoms with Gasteiger partial charge in [0, 0.05) is 50.2 Å². The van der Waals surface area contributed by atoms with E-state index in [1.807, 2.05) is 48.1 Å². The van der Waals surface area contributed by atoms with Crippen molar-refractivity contribution >= 4 is 33.8 Å². The molecule has 1 amide bonds. The van der Waals surface area contributed by atoms with Crippen LogP contribution in [0, 0.1) is 10.1 Å². The van der Waals surface area contributed by atoms with Crippen LogP contribution in [0.4, 0.5) is 16.5 Å². The lowest BCUT2D eigenvalue weighted by Gasteiger charge is -2.30. The van der Waals surface area contributed by atoms with Crippen LogP contribution in [0.5, 0.6) is 0 Å². The van der Waals surface area contributed by atoms with Crippen molar-refractivity contribution in [1.29, 1.82) is 0 Å². The van der Waals surface area contributed by atoms with Crippen LogP contribution < -0.4 is 10.2 Å². The summed E-state index contributed by atoms with van der Waals surface area (Å²) in [6.45, 7) is 1.63. The Morgan fingerprint density at radius 1 is 1.11 bits per heavy atom. The van der Waals surface area contributed by atoms with Gasteiger partial charge in [-0.15, -0.1) is 0 Å². The number of carbonyl (C=O) groups excluding carboxylic acids is 1. The largest absolute Gasteiger partial charge is 0.371 e. The Bertz CT molecular complexity index is 1380. The van der Waals surface area contributed by atoms with Gasteiger partial charge in [0.15, 0.2) is 11.0 Å². The van der Waals surface area contributed by atoms with E-state index >= 15 is 0 Å². The molecule has 5 rings (SSSR count). The van der Waals surface area contributed by atoms with Crippen LogP contribution in [0.3, 0.4) is 0 Å². The molecular weight excluding hydrogens is 464 g/mol. The van der Waals surface area contributed by atoms with Crippen LogP contribution >= 0.6 is 11.3 Å². The highest BCUT2D eigenvalue weighted by atomic mass is 32.1. The maximum Gasteiger partial charge on any atom is 0.270 e. The number of piperidine rings is 1. The molecular formula is C25H24N6O3S. The summed E-state index contributed by atoms with van der Waals surface area (Å²) in [7, 11) is 1.91. The number of aryl methyl sites for hydroxylation is 1. The maximum atomic E-state index is 13.4. The van der Waals surface area contributed by atoms with E-state index in [9.17, 15) is 14.9 Å². The van der Waals surface area contributed by atoms with Gasteiger partial charge < -0.3 is 9.47 Å². The minimum atomic E-state index is -0.479. The fraction of sp³-hybridized carbons (Fsp3) is 0.240. The molecule has 0 atom stereocenters. The summed E-state index contributed by atoms with van der Waals surface area (Å²) in [5.74, 6) is 0.320. The van der Waals surface area contributed by atoms with Gasteiger partial charge in [0.25, 0.3) is 11.6 Å². The van der Waals surface area contributed by atoms with Crippen LogP contribution in [0.25, 0.3) is 22.0 Å². The number of amides is 1. The predicted octanol–water partition coefficient (Wildman–Crippen LogP) is 5.36. The normalized spacial score (nSPS) is 13.6. The molecule has 1 saturated heterocycles. The Morgan fingerprint density at radius 2 is 1.89 bits per heavy atom. The molecule has 0 aliphatic carbocycles. The molecule has 9 nitrogen and oxygen atoms in total. The molecule has 35 heavy (non-hydrogen) atoms. The summed E-state index contributed by atoms with van der Waals surface area (Å²) in [6.07, 6.45) is 6.77. The third-order valence-electron chi connectivity index (χ3n) is 6.05. The maximum absolute atomic E-state index is 13.4. The highest BCUT2D eigenvalue weighted by molar-refractivity contribution is 7.19. The first kappa shape index (κ1) is 22.7. The van der Waals surface area contributed by atoms with Crippen molar-refractivity contribution in [2.24, 2.45) is 7.05 Å². The number of nitrogens with one attached hydrogen (secondary N) is 1. The molecule has 0 spiro atoms. The van der Waals surface area contributed by atoms with Gasteiger partial charge in [0.1, 0.15) is 0 Å². The van der Waals surface area contributed by atoms with Gasteiger partial charge in [-0.05, 0) is 25.3 Å². The summed E-state index contributed by atoms with van der Waals surface area (Å²) in [4.78, 5) is 36.5. The number of thiazole rings is 1. The first-order chi connectivity index (χ1) is 17.0. The molecule has 1 fully saturated rings. The molecule has 0 bridgehead atoms. The average molecular weight is 489 g/mol. The molecule has 1 aliphatic heterocycles. The second kappa shape index (κ2) is 9.67. The highest BCUT2D eigenvalue weighted by Crippen LogP contribution is 2.38. The van der Waals surface area contributed by atoms with Gasteiger partial charge >= 0.3 is 0 Å². The topological polar surface area (TPSA) is 106 Å². The molecule has 178 valence electrons. The second-order valence-corrected chi connectivity index (χ2v) is 9.38. The van der Waals surface area contributed by atoms with Gasteiger partial charge in [0.2, 0.25) is 0 Å². The lowest BCUT2D eigenvalue weighted by atomic mass is 10.1. The fourth-order valence-corrected chi connectivity index (χ4v) is 5.32. The Labute approximate surface area is 206 Å². The monoisotopic (exact) mass is 488 g/mol. The van der Waals surface area contributed by atoms with Crippen molar-refractivity contribution in [2.75, 3.05) is 23.3 Å². The SMILES string of the molecule is Cn1ccnc1-c1sc(NC(=O)c2cc([N+](=O)[O-])ccc2N2CCCCC2)nc1-c1ccccc1. The Morgan fingerprint density at radius 3 is 2.57 bits per heavy atom. The summed E-state index contributed by atoms with van der Waals surface area (Å²) < 4.78 is 1.90. The van der Waals surface area contributed by atoms with E-state index in [0.717, 1.165) is 54.3 Å². The second-order valence-electron chi connectivity index (χ2n) is 8.38. The molecule has 10 heteroatoms. The van der Waals surface area contributed by atoms with Crippen molar-refractivity contribution < 1.29 is 9.72 Å². The van der Waals surface area contributed by atoms with Crippen LogP contribution in [0.2, 0.25) is 0 Å². The number of aromatic nitrogens is 3. The van der Waals surface area contributed by atoms with E-state index in [-0.39, 0.29) is 11.3 Å². The fourth-order valence-electron chi connectivity index (χ4n) is 4.30. The number of carbonyl (C=O) groups is 1. The number of nitro benzene ring substituents is 1. The zero-order valence-electron chi connectivity index (χ0n) is 19.2. The Hall–Kier alpha value is -4.05. The number of rotatable bonds is 6. The number of non-ortho nitro benzene ring substituents is 1. The summed E-state index contributed by atoms with van der Waals surface area (Å²) in [6, 6.07) is 14.2. The average Bonchev–Trinajstić information content (AvgIpc) is 3.50. The summed E-state index contributed by atoms with van der Waals surface area (Å²) >= 11 is 1.33. The van der Waals surface area contributed by atoms with Crippen molar-refractivity contribution in [3.05, 3.63) is 76.6 Å². The van der Waals surface area contributed by atoms with Gasteiger partial charge in [0.05, 0.1) is 26.7 Å². The lowest BCUT2D eigenvalue weighted by molar-refractivity contribution is -0.384. The van der Waals surface area contributed by atoms with E-state index in [4.69, 9.17) is 4.98 Å². The van der Waals surface area contributed by atoms with Crippen molar-refractivity contribution in [3.63, 3.8) is 0 Å². The smallest absolute Gasteiger partial charge is 0.270 e. The minimum Gasteiger partial charge on any atom is -0.371 e. The van der Waals surface area contributed by atoms with E-state index in [2.05, 4.69) is 15.2 Å². The first-order valence-corrected chi connectivity index (χ1v) is 12.2. The summed E-state index contributed by atoms with van der Waals surface area (Å²) in [5, 5.41) is 14.7. The quantitative estimate of drug-likeness (QED) is 0.289. The van der Waals surface area contributed by atoms with Crippen LogP contribution in [0.15, 0.2) is 60.9 Å². The number of nitrogens with zero attached hydrogens (tertiary/aromatic N) is 5. The van der Waals surface area contributed by atoms with Gasteiger partial charge in [-0.2, -0.15) is 0 Å². The number of anilines is 2. The van der Waals surface area contributed by atoms with E-state index in [1.54, 1.807) is 12.3 Å². The molecule has 2 aromatic heterocycles. The number of hydrogen-bond donors (Lipinski definition) is 1. The third kappa shape index (κ3) is 4.65. The molecule has 0 unspecified atom stereocenters. The predicted molar refractivity (Wildman–Crippen MR) is 137 cm³/mol. The van der Waals surface area contributed by atoms with Crippen LogP contribution in [-0.2, 0) is 7.05 Å². The van der Waals surface area contributed by atoms with Gasteiger partial charge in [-0.25, -0.2) is 9.97 Å². The van der Waals surface area contributed by atoms with Gasteiger partial charge in [-0.3, -0.25) is 20.2 Å². The Balaban J connectivity index is 1.53. The van der Waals surface area contributed by atoms with Crippen LogP contribution in [0.1, 0.15) is 29.6 Å². The van der Waals surface area contributed by atoms with E-state index < -0.39 is 10.8 Å². The molecule has 0 radical (unpaired) electrons. The first-order valence-electron chi connectivity index (χ1n) is 11.4. The number of nitro groups is 1. The summed E-state index contributed by atoms with van der Waals surface area (Å²) in [5.41, 5.74) is 2.49. The van der Waals surface area contributed by atoms with Crippen molar-refractivity contribution in [1.82, 2.24) is 14.5 Å². The number of hydrogen-bond acceptors (Lipinski definition) is 7.